The molecule has 0 radical (unpaired) electrons. The first-order valence-electron chi connectivity index (χ1n) is 7.89. The molecule has 1 fully saturated rings. The summed E-state index contributed by atoms with van der Waals surface area (Å²) in [5, 5.41) is 2.87. The number of nitrogens with zero attached hydrogens (tertiary/aromatic N) is 1. The molecular weight excluding hydrogens is 344 g/mol. The lowest BCUT2D eigenvalue weighted by molar-refractivity contribution is -0.120. The maximum atomic E-state index is 12.7. The SMILES string of the molecule is Cc1ccc(S(=O)(=O)N2CCC[C@H](C(=O)Nc3ccccc3)C2)s1. The third-order valence-corrected chi connectivity index (χ3v) is 7.44. The fourth-order valence-corrected chi connectivity index (χ4v) is 5.78. The Morgan fingerprint density at radius 2 is 1.96 bits per heavy atom. The lowest BCUT2D eigenvalue weighted by Crippen LogP contribution is -2.43. The Balaban J connectivity index is 1.71. The van der Waals surface area contributed by atoms with Crippen molar-refractivity contribution in [3.63, 3.8) is 0 Å². The largest absolute Gasteiger partial charge is 0.326 e. The van der Waals surface area contributed by atoms with Crippen LogP contribution in [0.5, 0.6) is 0 Å². The van der Waals surface area contributed by atoms with Crippen molar-refractivity contribution in [2.24, 2.45) is 5.92 Å². The normalized spacial score (nSPS) is 19.1. The number of hydrogen-bond acceptors (Lipinski definition) is 4. The summed E-state index contributed by atoms with van der Waals surface area (Å²) >= 11 is 1.27. The van der Waals surface area contributed by atoms with Gasteiger partial charge in [-0.1, -0.05) is 18.2 Å². The lowest BCUT2D eigenvalue weighted by Gasteiger charge is -2.30. The van der Waals surface area contributed by atoms with E-state index in [0.29, 0.717) is 23.6 Å². The standard InChI is InChI=1S/C17H20N2O3S2/c1-13-9-10-16(23-13)24(21,22)19-11-5-6-14(12-19)17(20)18-15-7-3-2-4-8-15/h2-4,7-10,14H,5-6,11-12H2,1H3,(H,18,20)/t14-/m0/s1. The highest BCUT2D eigenvalue weighted by Crippen LogP contribution is 2.28. The van der Waals surface area contributed by atoms with E-state index in [1.807, 2.05) is 37.3 Å². The number of anilines is 1. The van der Waals surface area contributed by atoms with Crippen LogP contribution in [0.4, 0.5) is 5.69 Å². The first-order valence-corrected chi connectivity index (χ1v) is 10.1. The zero-order chi connectivity index (χ0) is 17.2. The quantitative estimate of drug-likeness (QED) is 0.906. The molecule has 5 nitrogen and oxygen atoms in total. The number of benzene rings is 1. The Kier molecular flexibility index (Phi) is 5.03. The van der Waals surface area contributed by atoms with Crippen LogP contribution in [0.1, 0.15) is 17.7 Å². The molecular formula is C17H20N2O3S2. The van der Waals surface area contributed by atoms with Gasteiger partial charge in [0.15, 0.2) is 0 Å². The van der Waals surface area contributed by atoms with Gasteiger partial charge in [-0.15, -0.1) is 11.3 Å². The van der Waals surface area contributed by atoms with Gasteiger partial charge in [-0.25, -0.2) is 8.42 Å². The number of piperidine rings is 1. The van der Waals surface area contributed by atoms with Crippen LogP contribution in [-0.4, -0.2) is 31.7 Å². The summed E-state index contributed by atoms with van der Waals surface area (Å²) in [6.45, 7) is 2.59. The van der Waals surface area contributed by atoms with E-state index in [9.17, 15) is 13.2 Å². The van der Waals surface area contributed by atoms with Crippen molar-refractivity contribution in [3.05, 3.63) is 47.3 Å². The average Bonchev–Trinajstić information content (AvgIpc) is 3.03. The number of nitrogens with one attached hydrogen (secondary N) is 1. The molecule has 0 spiro atoms. The molecule has 128 valence electrons. The van der Waals surface area contributed by atoms with E-state index >= 15 is 0 Å². The van der Waals surface area contributed by atoms with E-state index < -0.39 is 10.0 Å². The first kappa shape index (κ1) is 17.1. The highest BCUT2D eigenvalue weighted by Gasteiger charge is 2.34. The summed E-state index contributed by atoms with van der Waals surface area (Å²) in [7, 11) is -3.51. The predicted octanol–water partition coefficient (Wildman–Crippen LogP) is 3.10. The number of carbonyl (C=O) groups is 1. The molecule has 1 amide bonds. The van der Waals surface area contributed by atoms with Gasteiger partial charge in [-0.2, -0.15) is 4.31 Å². The summed E-state index contributed by atoms with van der Waals surface area (Å²) in [6.07, 6.45) is 1.39. The molecule has 0 bridgehead atoms. The van der Waals surface area contributed by atoms with Crippen LogP contribution >= 0.6 is 11.3 Å². The van der Waals surface area contributed by atoms with Gasteiger partial charge in [0.2, 0.25) is 5.91 Å². The average molecular weight is 364 g/mol. The van der Waals surface area contributed by atoms with Crippen LogP contribution in [0.2, 0.25) is 0 Å². The van der Waals surface area contributed by atoms with Gasteiger partial charge in [-0.3, -0.25) is 4.79 Å². The zero-order valence-electron chi connectivity index (χ0n) is 13.4. The molecule has 0 saturated carbocycles. The number of para-hydroxylation sites is 1. The monoisotopic (exact) mass is 364 g/mol. The van der Waals surface area contributed by atoms with Crippen molar-refractivity contribution in [1.29, 1.82) is 0 Å². The summed E-state index contributed by atoms with van der Waals surface area (Å²) in [5.41, 5.74) is 0.733. The van der Waals surface area contributed by atoms with E-state index in [0.717, 1.165) is 10.6 Å². The smallest absolute Gasteiger partial charge is 0.252 e. The molecule has 1 aromatic carbocycles. The van der Waals surface area contributed by atoms with Crippen molar-refractivity contribution in [2.45, 2.75) is 24.0 Å². The van der Waals surface area contributed by atoms with Gasteiger partial charge < -0.3 is 5.32 Å². The maximum Gasteiger partial charge on any atom is 0.252 e. The predicted molar refractivity (Wildman–Crippen MR) is 95.6 cm³/mol. The highest BCUT2D eigenvalue weighted by molar-refractivity contribution is 7.91. The molecule has 24 heavy (non-hydrogen) atoms. The Morgan fingerprint density at radius 1 is 1.21 bits per heavy atom. The zero-order valence-corrected chi connectivity index (χ0v) is 15.1. The number of sulfonamides is 1. The van der Waals surface area contributed by atoms with Crippen molar-refractivity contribution in [1.82, 2.24) is 4.31 Å². The molecule has 3 rings (SSSR count). The second kappa shape index (κ2) is 7.04. The van der Waals surface area contributed by atoms with Crippen LogP contribution < -0.4 is 5.32 Å². The van der Waals surface area contributed by atoms with Crippen LogP contribution in [-0.2, 0) is 14.8 Å². The molecule has 1 aliphatic rings. The van der Waals surface area contributed by atoms with Gasteiger partial charge in [0, 0.05) is 23.7 Å². The van der Waals surface area contributed by atoms with E-state index in [4.69, 9.17) is 0 Å². The highest BCUT2D eigenvalue weighted by atomic mass is 32.2. The molecule has 1 saturated heterocycles. The number of thiophene rings is 1. The van der Waals surface area contributed by atoms with E-state index in [-0.39, 0.29) is 18.4 Å². The van der Waals surface area contributed by atoms with Crippen molar-refractivity contribution in [2.75, 3.05) is 18.4 Å². The Hall–Kier alpha value is -1.70. The molecule has 1 aromatic heterocycles. The molecule has 2 aromatic rings. The lowest BCUT2D eigenvalue weighted by atomic mass is 9.99. The number of carbonyl (C=O) groups excluding carboxylic acids is 1. The minimum absolute atomic E-state index is 0.122. The summed E-state index contributed by atoms with van der Waals surface area (Å²) < 4.78 is 27.3. The van der Waals surface area contributed by atoms with Crippen molar-refractivity contribution >= 4 is 33.0 Å². The second-order valence-corrected chi connectivity index (χ2v) is 9.38. The second-order valence-electron chi connectivity index (χ2n) is 5.92. The Morgan fingerprint density at radius 3 is 2.62 bits per heavy atom. The van der Waals surface area contributed by atoms with E-state index in [1.54, 1.807) is 12.1 Å². The molecule has 7 heteroatoms. The van der Waals surface area contributed by atoms with Crippen LogP contribution in [0.25, 0.3) is 0 Å². The number of amides is 1. The maximum absolute atomic E-state index is 12.7. The fraction of sp³-hybridized carbons (Fsp3) is 0.353. The topological polar surface area (TPSA) is 66.5 Å². The number of rotatable bonds is 4. The van der Waals surface area contributed by atoms with Gasteiger partial charge in [0.1, 0.15) is 4.21 Å². The summed E-state index contributed by atoms with van der Waals surface area (Å²) in [4.78, 5) is 13.4. The minimum Gasteiger partial charge on any atom is -0.326 e. The summed E-state index contributed by atoms with van der Waals surface area (Å²) in [6, 6.07) is 12.7. The number of aryl methyl sites for hydroxylation is 1. The third-order valence-electron chi connectivity index (χ3n) is 4.11. The molecule has 1 atom stereocenters. The van der Waals surface area contributed by atoms with Crippen LogP contribution in [0.3, 0.4) is 0 Å². The number of hydrogen-bond donors (Lipinski definition) is 1. The van der Waals surface area contributed by atoms with E-state index in [2.05, 4.69) is 5.32 Å². The third kappa shape index (κ3) is 3.68. The molecule has 1 aliphatic heterocycles. The van der Waals surface area contributed by atoms with Crippen molar-refractivity contribution in [3.8, 4) is 0 Å². The molecule has 0 unspecified atom stereocenters. The minimum atomic E-state index is -3.51. The van der Waals surface area contributed by atoms with Gasteiger partial charge in [-0.05, 0) is 44.0 Å². The molecule has 1 N–H and O–H groups in total. The van der Waals surface area contributed by atoms with Gasteiger partial charge >= 0.3 is 0 Å². The van der Waals surface area contributed by atoms with Crippen LogP contribution in [0.15, 0.2) is 46.7 Å². The molecule has 2 heterocycles. The Labute approximate surface area is 146 Å². The fourth-order valence-electron chi connectivity index (χ4n) is 2.82. The molecule has 0 aliphatic carbocycles. The van der Waals surface area contributed by atoms with Gasteiger partial charge in [0.05, 0.1) is 5.92 Å². The Bertz CT molecular complexity index is 815. The van der Waals surface area contributed by atoms with Gasteiger partial charge in [0.25, 0.3) is 10.0 Å². The first-order chi connectivity index (χ1) is 11.5. The summed E-state index contributed by atoms with van der Waals surface area (Å²) in [5.74, 6) is -0.446. The van der Waals surface area contributed by atoms with E-state index in [1.165, 1.54) is 15.6 Å². The van der Waals surface area contributed by atoms with Crippen LogP contribution in [0, 0.1) is 12.8 Å². The van der Waals surface area contributed by atoms with Crippen molar-refractivity contribution < 1.29 is 13.2 Å².